The van der Waals surface area contributed by atoms with Gasteiger partial charge >= 0.3 is 12.4 Å². The molecule has 2 N–H and O–H groups in total. The van der Waals surface area contributed by atoms with E-state index < -0.39 is 29.4 Å². The number of carbonyl (C=O) groups is 1. The molecule has 3 aromatic rings. The number of rotatable bonds is 4. The minimum Gasteiger partial charge on any atom is -0.369 e. The highest BCUT2D eigenvalue weighted by molar-refractivity contribution is 6.02. The van der Waals surface area contributed by atoms with Crippen LogP contribution in [0.1, 0.15) is 16.1 Å². The summed E-state index contributed by atoms with van der Waals surface area (Å²) in [4.78, 5) is 12.2. The van der Waals surface area contributed by atoms with Gasteiger partial charge in [0.1, 0.15) is 0 Å². The van der Waals surface area contributed by atoms with E-state index in [1.165, 1.54) is 0 Å². The molecule has 0 atom stereocenters. The Hall–Kier alpha value is -3.41. The quantitative estimate of drug-likeness (QED) is 0.617. The van der Waals surface area contributed by atoms with E-state index in [2.05, 4.69) is 15.6 Å². The minimum atomic E-state index is -5.98. The number of nitrogens with one attached hydrogen (secondary N) is 1. The maximum Gasteiger partial charge on any atom is 0.430 e. The second-order valence-electron chi connectivity index (χ2n) is 6.12. The van der Waals surface area contributed by atoms with Gasteiger partial charge in [-0.2, -0.15) is 26.3 Å². The number of carbonyl (C=O) groups excluding carboxylic acids is 1. The highest BCUT2D eigenvalue weighted by atomic mass is 19.4. The first-order chi connectivity index (χ1) is 13.9. The molecule has 1 amide bonds. The zero-order valence-electron chi connectivity index (χ0n) is 14.7. The molecule has 0 spiro atoms. The van der Waals surface area contributed by atoms with Gasteiger partial charge in [-0.15, -0.1) is 5.10 Å². The molecule has 0 aliphatic rings. The van der Waals surface area contributed by atoms with Crippen molar-refractivity contribution in [1.29, 1.82) is 0 Å². The number of halogens is 6. The Morgan fingerprint density at radius 1 is 0.900 bits per heavy atom. The van der Waals surface area contributed by atoms with Crippen LogP contribution < -0.4 is 5.32 Å². The van der Waals surface area contributed by atoms with Gasteiger partial charge in [-0.05, 0) is 24.3 Å². The molecule has 0 radical (unpaired) electrons. The molecule has 1 aromatic heterocycles. The molecule has 30 heavy (non-hydrogen) atoms. The van der Waals surface area contributed by atoms with Crippen LogP contribution in [0.2, 0.25) is 0 Å². The molecule has 0 saturated heterocycles. The normalized spacial score (nSPS) is 12.6. The van der Waals surface area contributed by atoms with Crippen LogP contribution in [0.4, 0.5) is 32.0 Å². The van der Waals surface area contributed by atoms with Gasteiger partial charge in [0.25, 0.3) is 11.5 Å². The van der Waals surface area contributed by atoms with Crippen LogP contribution in [0.15, 0.2) is 60.8 Å². The molecule has 12 heteroatoms. The van der Waals surface area contributed by atoms with Gasteiger partial charge in [-0.3, -0.25) is 4.79 Å². The van der Waals surface area contributed by atoms with Crippen LogP contribution in [0.25, 0.3) is 5.69 Å². The highest BCUT2D eigenvalue weighted by Gasteiger charge is 2.71. The second kappa shape index (κ2) is 7.44. The molecule has 0 saturated carbocycles. The van der Waals surface area contributed by atoms with Crippen molar-refractivity contribution in [3.05, 3.63) is 72.1 Å². The van der Waals surface area contributed by atoms with Crippen molar-refractivity contribution in [2.24, 2.45) is 0 Å². The largest absolute Gasteiger partial charge is 0.430 e. The maximum atomic E-state index is 12.9. The summed E-state index contributed by atoms with van der Waals surface area (Å²) in [5, 5.41) is 19.2. The number of alkyl halides is 6. The molecule has 2 aromatic carbocycles. The van der Waals surface area contributed by atoms with Crippen LogP contribution in [-0.2, 0) is 5.60 Å². The van der Waals surface area contributed by atoms with E-state index in [0.29, 0.717) is 17.8 Å². The lowest BCUT2D eigenvalue weighted by molar-refractivity contribution is -0.376. The maximum absolute atomic E-state index is 12.9. The summed E-state index contributed by atoms with van der Waals surface area (Å²) in [6.07, 6.45) is -10.8. The van der Waals surface area contributed by atoms with Crippen LogP contribution >= 0.6 is 0 Å². The fourth-order valence-corrected chi connectivity index (χ4v) is 2.55. The Balaban J connectivity index is 1.84. The Morgan fingerprint density at radius 3 is 2.00 bits per heavy atom. The number of anilines is 1. The molecular formula is C18H12F6N4O2. The van der Waals surface area contributed by atoms with E-state index in [-0.39, 0.29) is 11.4 Å². The number of aliphatic hydroxyl groups is 1. The van der Waals surface area contributed by atoms with E-state index in [0.717, 1.165) is 23.0 Å². The monoisotopic (exact) mass is 430 g/mol. The van der Waals surface area contributed by atoms with Gasteiger partial charge in [0.15, 0.2) is 5.69 Å². The first kappa shape index (κ1) is 21.3. The lowest BCUT2D eigenvalue weighted by Crippen LogP contribution is -2.53. The standard InChI is InChI=1S/C18H12F6N4O2/c19-17(20,21)16(30,18(22,23)24)11-6-8-13(9-7-11)28-10-14(26-27-28)15(29)25-12-4-2-1-3-5-12/h1-10,30H,(H,25,29). The summed E-state index contributed by atoms with van der Waals surface area (Å²) < 4.78 is 78.6. The second-order valence-corrected chi connectivity index (χ2v) is 6.12. The van der Waals surface area contributed by atoms with Crippen LogP contribution in [0, 0.1) is 0 Å². The summed E-state index contributed by atoms with van der Waals surface area (Å²) in [6.45, 7) is 0. The number of amides is 1. The molecule has 0 bridgehead atoms. The van der Waals surface area contributed by atoms with E-state index in [1.807, 2.05) is 0 Å². The van der Waals surface area contributed by atoms with Crippen molar-refractivity contribution in [1.82, 2.24) is 15.0 Å². The summed E-state index contributed by atoms with van der Waals surface area (Å²) in [5.41, 5.74) is -6.06. The number of benzene rings is 2. The Morgan fingerprint density at radius 2 is 1.47 bits per heavy atom. The third-order valence-electron chi connectivity index (χ3n) is 4.13. The van der Waals surface area contributed by atoms with Crippen molar-refractivity contribution < 1.29 is 36.2 Å². The van der Waals surface area contributed by atoms with E-state index >= 15 is 0 Å². The fraction of sp³-hybridized carbons (Fsp3) is 0.167. The molecule has 0 unspecified atom stereocenters. The predicted octanol–water partition coefficient (Wildman–Crippen LogP) is 3.83. The Kier molecular flexibility index (Phi) is 5.29. The topological polar surface area (TPSA) is 80.0 Å². The Labute approximate surface area is 164 Å². The fourth-order valence-electron chi connectivity index (χ4n) is 2.55. The number of hydrogen-bond donors (Lipinski definition) is 2. The summed E-state index contributed by atoms with van der Waals surface area (Å²) in [7, 11) is 0. The minimum absolute atomic E-state index is 0.0247. The lowest BCUT2D eigenvalue weighted by Gasteiger charge is -2.32. The highest BCUT2D eigenvalue weighted by Crippen LogP contribution is 2.50. The van der Waals surface area contributed by atoms with E-state index in [9.17, 15) is 36.2 Å². The third-order valence-corrected chi connectivity index (χ3v) is 4.13. The molecular weight excluding hydrogens is 418 g/mol. The van der Waals surface area contributed by atoms with Gasteiger partial charge in [-0.1, -0.05) is 35.5 Å². The number of para-hydroxylation sites is 1. The summed E-state index contributed by atoms with van der Waals surface area (Å²) in [6, 6.07) is 11.1. The molecule has 6 nitrogen and oxygen atoms in total. The van der Waals surface area contributed by atoms with Crippen LogP contribution in [0.3, 0.4) is 0 Å². The molecule has 158 valence electrons. The molecule has 1 heterocycles. The van der Waals surface area contributed by atoms with Gasteiger partial charge in [0.2, 0.25) is 0 Å². The average molecular weight is 430 g/mol. The molecule has 0 fully saturated rings. The van der Waals surface area contributed by atoms with Crippen molar-refractivity contribution in [2.45, 2.75) is 18.0 Å². The third kappa shape index (κ3) is 3.85. The van der Waals surface area contributed by atoms with Gasteiger partial charge in [0, 0.05) is 11.3 Å². The van der Waals surface area contributed by atoms with Gasteiger partial charge in [0.05, 0.1) is 11.9 Å². The lowest BCUT2D eigenvalue weighted by atomic mass is 9.92. The SMILES string of the molecule is O=C(Nc1ccccc1)c1cn(-c2ccc(C(O)(C(F)(F)F)C(F)(F)F)cc2)nn1. The van der Waals surface area contributed by atoms with Crippen LogP contribution in [0.5, 0.6) is 0 Å². The van der Waals surface area contributed by atoms with Crippen LogP contribution in [-0.4, -0.2) is 38.4 Å². The Bertz CT molecular complexity index is 1020. The van der Waals surface area contributed by atoms with Crippen molar-refractivity contribution in [3.8, 4) is 5.69 Å². The zero-order chi connectivity index (χ0) is 22.2. The first-order valence-corrected chi connectivity index (χ1v) is 8.19. The summed E-state index contributed by atoms with van der Waals surface area (Å²) >= 11 is 0. The zero-order valence-corrected chi connectivity index (χ0v) is 14.7. The van der Waals surface area contributed by atoms with Crippen molar-refractivity contribution in [2.75, 3.05) is 5.32 Å². The van der Waals surface area contributed by atoms with E-state index in [4.69, 9.17) is 0 Å². The number of hydrogen-bond acceptors (Lipinski definition) is 4. The molecule has 0 aliphatic carbocycles. The van der Waals surface area contributed by atoms with Crippen molar-refractivity contribution >= 4 is 11.6 Å². The number of nitrogens with zero attached hydrogens (tertiary/aromatic N) is 3. The number of aromatic nitrogens is 3. The predicted molar refractivity (Wildman–Crippen MR) is 91.8 cm³/mol. The van der Waals surface area contributed by atoms with Crippen molar-refractivity contribution in [3.63, 3.8) is 0 Å². The molecule has 3 rings (SSSR count). The average Bonchev–Trinajstić information content (AvgIpc) is 3.17. The van der Waals surface area contributed by atoms with E-state index in [1.54, 1.807) is 30.3 Å². The smallest absolute Gasteiger partial charge is 0.369 e. The first-order valence-electron chi connectivity index (χ1n) is 8.19. The molecule has 0 aliphatic heterocycles. The summed E-state index contributed by atoms with van der Waals surface area (Å²) in [5.74, 6) is -0.618. The van der Waals surface area contributed by atoms with Gasteiger partial charge < -0.3 is 10.4 Å². The van der Waals surface area contributed by atoms with Gasteiger partial charge in [-0.25, -0.2) is 4.68 Å².